The number of ether oxygens (including phenoxy) is 2. The Morgan fingerprint density at radius 2 is 2.13 bits per heavy atom. The van der Waals surface area contributed by atoms with E-state index in [1.54, 1.807) is 13.0 Å². The van der Waals surface area contributed by atoms with Crippen LogP contribution in [-0.2, 0) is 9.47 Å². The van der Waals surface area contributed by atoms with Crippen LogP contribution in [0.1, 0.15) is 44.9 Å². The van der Waals surface area contributed by atoms with Gasteiger partial charge in [-0.1, -0.05) is 0 Å². The highest BCUT2D eigenvalue weighted by molar-refractivity contribution is 5.86. The van der Waals surface area contributed by atoms with Gasteiger partial charge in [0, 0.05) is 0 Å². The summed E-state index contributed by atoms with van der Waals surface area (Å²) >= 11 is 0. The van der Waals surface area contributed by atoms with Crippen molar-refractivity contribution >= 4 is 11.8 Å². The van der Waals surface area contributed by atoms with Gasteiger partial charge in [0.1, 0.15) is 18.0 Å². The van der Waals surface area contributed by atoms with E-state index >= 15 is 0 Å². The van der Waals surface area contributed by atoms with Crippen LogP contribution in [0.4, 0.5) is 14.9 Å². The highest BCUT2D eigenvalue weighted by atomic mass is 19.1. The number of aliphatic hydroxyl groups excluding tert-OH is 1. The molecule has 0 spiro atoms. The van der Waals surface area contributed by atoms with E-state index in [9.17, 15) is 14.3 Å². The normalized spacial score (nSPS) is 12.4. The maximum atomic E-state index is 14.2. The number of nitrogens with one attached hydrogen (secondary N) is 1. The van der Waals surface area contributed by atoms with Crippen molar-refractivity contribution in [2.24, 2.45) is 0 Å². The van der Waals surface area contributed by atoms with Crippen LogP contribution in [0.2, 0.25) is 0 Å². The van der Waals surface area contributed by atoms with Gasteiger partial charge in [-0.3, -0.25) is 5.32 Å². The lowest BCUT2D eigenvalue weighted by Gasteiger charge is -2.22. The molecule has 0 aliphatic rings. The first-order chi connectivity index (χ1) is 10.7. The van der Waals surface area contributed by atoms with Crippen LogP contribution < -0.4 is 5.32 Å². The van der Waals surface area contributed by atoms with Crippen LogP contribution in [0.5, 0.6) is 0 Å². The average Bonchev–Trinajstić information content (AvgIpc) is 2.46. The number of nitrogens with zero attached hydrogens (tertiary/aromatic N) is 1. The van der Waals surface area contributed by atoms with Crippen molar-refractivity contribution in [3.63, 3.8) is 0 Å². The van der Waals surface area contributed by atoms with Gasteiger partial charge in [0.2, 0.25) is 0 Å². The smallest absolute Gasteiger partial charge is 0.411 e. The number of halogens is 1. The van der Waals surface area contributed by atoms with Crippen LogP contribution in [-0.4, -0.2) is 30.0 Å². The molecule has 0 saturated carbocycles. The quantitative estimate of drug-likeness (QED) is 0.868. The van der Waals surface area contributed by atoms with E-state index in [0.29, 0.717) is 0 Å². The van der Waals surface area contributed by atoms with Crippen LogP contribution in [0.25, 0.3) is 0 Å². The molecule has 1 aromatic rings. The standard InChI is InChI=1S/C16H21FN2O4/c1-5-22-15(21)19-14-11(8-18)6-10(7-12(14)17)13(20)9-23-16(2,3)4/h6-7,13,20H,5,9H2,1-4H3,(H,19,21). The number of aliphatic hydroxyl groups is 1. The van der Waals surface area contributed by atoms with Crippen LogP contribution in [0.15, 0.2) is 12.1 Å². The first-order valence-corrected chi connectivity index (χ1v) is 7.17. The number of amides is 1. The minimum atomic E-state index is -1.09. The lowest BCUT2D eigenvalue weighted by Crippen LogP contribution is -2.23. The lowest BCUT2D eigenvalue weighted by atomic mass is 10.0. The zero-order chi connectivity index (χ0) is 17.6. The van der Waals surface area contributed by atoms with Crippen LogP contribution in [0, 0.1) is 17.1 Å². The Bertz CT molecular complexity index is 605. The van der Waals surface area contributed by atoms with Crippen molar-refractivity contribution in [2.75, 3.05) is 18.5 Å². The Labute approximate surface area is 134 Å². The van der Waals surface area contributed by atoms with Gasteiger partial charge < -0.3 is 14.6 Å². The van der Waals surface area contributed by atoms with Crippen molar-refractivity contribution in [3.8, 4) is 6.07 Å². The SMILES string of the molecule is CCOC(=O)Nc1c(F)cc(C(O)COC(C)(C)C)cc1C#N. The summed E-state index contributed by atoms with van der Waals surface area (Å²) in [7, 11) is 0. The molecular weight excluding hydrogens is 303 g/mol. The fraction of sp³-hybridized carbons (Fsp3) is 0.500. The van der Waals surface area contributed by atoms with E-state index in [2.05, 4.69) is 10.1 Å². The van der Waals surface area contributed by atoms with Crippen molar-refractivity contribution in [2.45, 2.75) is 39.4 Å². The third-order valence-electron chi connectivity index (χ3n) is 2.79. The third kappa shape index (κ3) is 5.85. The van der Waals surface area contributed by atoms with E-state index in [1.807, 2.05) is 20.8 Å². The molecule has 1 aromatic carbocycles. The summed E-state index contributed by atoms with van der Waals surface area (Å²) in [6.45, 7) is 7.17. The number of rotatable bonds is 5. The molecule has 0 radical (unpaired) electrons. The van der Waals surface area contributed by atoms with E-state index in [0.717, 1.165) is 6.07 Å². The molecule has 0 aliphatic carbocycles. The average molecular weight is 324 g/mol. The van der Waals surface area contributed by atoms with E-state index < -0.39 is 23.6 Å². The number of hydrogen-bond donors (Lipinski definition) is 2. The number of carbonyl (C=O) groups excluding carboxylic acids is 1. The molecule has 1 unspecified atom stereocenters. The summed E-state index contributed by atoms with van der Waals surface area (Å²) in [5.41, 5.74) is -0.651. The molecule has 23 heavy (non-hydrogen) atoms. The number of carbonyl (C=O) groups is 1. The fourth-order valence-corrected chi connectivity index (χ4v) is 1.73. The van der Waals surface area contributed by atoms with Gasteiger partial charge in [0.05, 0.1) is 30.1 Å². The molecule has 1 atom stereocenters. The largest absolute Gasteiger partial charge is 0.450 e. The molecule has 0 aromatic heterocycles. The summed E-state index contributed by atoms with van der Waals surface area (Å²) in [5.74, 6) is -0.832. The molecule has 1 rings (SSSR count). The van der Waals surface area contributed by atoms with Gasteiger partial charge in [-0.15, -0.1) is 0 Å². The Morgan fingerprint density at radius 1 is 1.48 bits per heavy atom. The number of anilines is 1. The number of benzene rings is 1. The first-order valence-electron chi connectivity index (χ1n) is 7.17. The zero-order valence-corrected chi connectivity index (χ0v) is 13.6. The van der Waals surface area contributed by atoms with Gasteiger partial charge in [0.15, 0.2) is 0 Å². The van der Waals surface area contributed by atoms with Crippen LogP contribution >= 0.6 is 0 Å². The minimum absolute atomic E-state index is 0.0432. The number of nitriles is 1. The van der Waals surface area contributed by atoms with Crippen molar-refractivity contribution in [3.05, 3.63) is 29.1 Å². The first kappa shape index (κ1) is 18.9. The summed E-state index contributed by atoms with van der Waals surface area (Å²) in [4.78, 5) is 11.4. The summed E-state index contributed by atoms with van der Waals surface area (Å²) in [6, 6.07) is 4.15. The van der Waals surface area contributed by atoms with Crippen molar-refractivity contribution in [1.29, 1.82) is 5.26 Å². The summed E-state index contributed by atoms with van der Waals surface area (Å²) < 4.78 is 24.3. The third-order valence-corrected chi connectivity index (χ3v) is 2.79. The predicted octanol–water partition coefficient (Wildman–Crippen LogP) is 3.11. The second kappa shape index (κ2) is 7.90. The predicted molar refractivity (Wildman–Crippen MR) is 82.4 cm³/mol. The van der Waals surface area contributed by atoms with Gasteiger partial charge in [0.25, 0.3) is 0 Å². The molecule has 0 heterocycles. The molecule has 0 bridgehead atoms. The molecule has 6 nitrogen and oxygen atoms in total. The molecule has 0 saturated heterocycles. The Balaban J connectivity index is 3.00. The van der Waals surface area contributed by atoms with Gasteiger partial charge >= 0.3 is 6.09 Å². The van der Waals surface area contributed by atoms with E-state index in [-0.39, 0.29) is 30.0 Å². The molecule has 1 amide bonds. The molecule has 2 N–H and O–H groups in total. The molecule has 0 fully saturated rings. The zero-order valence-electron chi connectivity index (χ0n) is 13.6. The Hall–Kier alpha value is -2.17. The highest BCUT2D eigenvalue weighted by Crippen LogP contribution is 2.26. The van der Waals surface area contributed by atoms with Crippen molar-refractivity contribution in [1.82, 2.24) is 0 Å². The Kier molecular flexibility index (Phi) is 6.49. The number of hydrogen-bond acceptors (Lipinski definition) is 5. The second-order valence-corrected chi connectivity index (χ2v) is 5.82. The Morgan fingerprint density at radius 3 is 2.65 bits per heavy atom. The molecule has 0 aliphatic heterocycles. The maximum Gasteiger partial charge on any atom is 0.411 e. The van der Waals surface area contributed by atoms with Gasteiger partial charge in [-0.2, -0.15) is 5.26 Å². The van der Waals surface area contributed by atoms with E-state index in [4.69, 9.17) is 10.00 Å². The molecule has 126 valence electrons. The second-order valence-electron chi connectivity index (χ2n) is 5.82. The lowest BCUT2D eigenvalue weighted by molar-refractivity contribution is -0.0496. The molecule has 7 heteroatoms. The van der Waals surface area contributed by atoms with Gasteiger partial charge in [-0.25, -0.2) is 9.18 Å². The molecular formula is C16H21FN2O4. The van der Waals surface area contributed by atoms with Gasteiger partial charge in [-0.05, 0) is 45.4 Å². The summed E-state index contributed by atoms with van der Waals surface area (Å²) in [5, 5.41) is 21.4. The highest BCUT2D eigenvalue weighted by Gasteiger charge is 2.20. The topological polar surface area (TPSA) is 91.6 Å². The monoisotopic (exact) mass is 324 g/mol. The minimum Gasteiger partial charge on any atom is -0.450 e. The van der Waals surface area contributed by atoms with Crippen molar-refractivity contribution < 1.29 is 23.8 Å². The van der Waals surface area contributed by atoms with E-state index in [1.165, 1.54) is 6.07 Å². The summed E-state index contributed by atoms with van der Waals surface area (Å²) in [6.07, 6.45) is -1.94. The van der Waals surface area contributed by atoms with Crippen LogP contribution in [0.3, 0.4) is 0 Å². The maximum absolute atomic E-state index is 14.2. The fourth-order valence-electron chi connectivity index (χ4n) is 1.73.